The first-order chi connectivity index (χ1) is 13.3. The zero-order valence-electron chi connectivity index (χ0n) is 15.2. The first-order valence-electron chi connectivity index (χ1n) is 8.40. The van der Waals surface area contributed by atoms with E-state index in [1.165, 1.54) is 11.8 Å². The van der Waals surface area contributed by atoms with Gasteiger partial charge in [-0.05, 0) is 49.2 Å². The van der Waals surface area contributed by atoms with Crippen LogP contribution in [0.1, 0.15) is 16.7 Å². The minimum Gasteiger partial charge on any atom is -0.490 e. The quantitative estimate of drug-likeness (QED) is 0.352. The van der Waals surface area contributed by atoms with E-state index < -0.39 is 0 Å². The van der Waals surface area contributed by atoms with Gasteiger partial charge in [-0.15, -0.1) is 0 Å². The summed E-state index contributed by atoms with van der Waals surface area (Å²) in [6, 6.07) is 9.32. The van der Waals surface area contributed by atoms with Crippen LogP contribution in [0, 0.1) is 13.8 Å². The Balaban J connectivity index is 1.73. The van der Waals surface area contributed by atoms with Crippen LogP contribution < -0.4 is 14.8 Å². The molecule has 1 N–H and O–H groups in total. The van der Waals surface area contributed by atoms with Crippen molar-refractivity contribution in [2.45, 2.75) is 13.8 Å². The highest BCUT2D eigenvalue weighted by Crippen LogP contribution is 2.36. The van der Waals surface area contributed by atoms with Crippen molar-refractivity contribution < 1.29 is 14.3 Å². The molecule has 0 aliphatic carbocycles. The van der Waals surface area contributed by atoms with E-state index in [2.05, 4.69) is 5.32 Å². The molecule has 1 aliphatic heterocycles. The molecule has 1 saturated heterocycles. The van der Waals surface area contributed by atoms with Gasteiger partial charge in [-0.1, -0.05) is 59.3 Å². The number of hydrogen-bond acceptors (Lipinski definition) is 5. The molecule has 0 radical (unpaired) electrons. The van der Waals surface area contributed by atoms with E-state index in [4.69, 9.17) is 44.9 Å². The Morgan fingerprint density at radius 2 is 1.89 bits per heavy atom. The van der Waals surface area contributed by atoms with Gasteiger partial charge in [0.2, 0.25) is 0 Å². The second kappa shape index (κ2) is 9.18. The van der Waals surface area contributed by atoms with Crippen molar-refractivity contribution in [3.63, 3.8) is 0 Å². The number of rotatable bonds is 6. The molecule has 0 unspecified atom stereocenters. The number of amides is 1. The number of halogens is 2. The maximum atomic E-state index is 11.9. The number of thioether (sulfide) groups is 1. The first-order valence-corrected chi connectivity index (χ1v) is 10.4. The Hall–Kier alpha value is -1.73. The van der Waals surface area contributed by atoms with Crippen LogP contribution in [0.2, 0.25) is 10.0 Å². The molecule has 8 heteroatoms. The van der Waals surface area contributed by atoms with Crippen LogP contribution in [-0.2, 0) is 4.79 Å². The SMILES string of the molecule is Cc1ccc(C)c(OCCOc2c(Cl)cc(Cl)cc2C=C2SC(=S)NC2=O)c1. The van der Waals surface area contributed by atoms with Crippen LogP contribution in [0.4, 0.5) is 0 Å². The van der Waals surface area contributed by atoms with E-state index in [0.29, 0.717) is 37.2 Å². The number of ether oxygens (including phenoxy) is 2. The first kappa shape index (κ1) is 21.0. The van der Waals surface area contributed by atoms with Gasteiger partial charge >= 0.3 is 0 Å². The third-order valence-electron chi connectivity index (χ3n) is 3.90. The molecule has 4 nitrogen and oxygen atoms in total. The number of carbonyl (C=O) groups excluding carboxylic acids is 1. The van der Waals surface area contributed by atoms with Crippen LogP contribution in [0.15, 0.2) is 35.2 Å². The van der Waals surface area contributed by atoms with Crippen molar-refractivity contribution in [1.29, 1.82) is 0 Å². The number of benzene rings is 2. The molecule has 0 saturated carbocycles. The second-order valence-electron chi connectivity index (χ2n) is 6.12. The standard InChI is InChI=1S/C20H17Cl2NO3S2/c1-11-3-4-12(2)16(7-11)25-5-6-26-18-13(8-14(21)10-15(18)22)9-17-19(24)23-20(27)28-17/h3-4,7-10H,5-6H2,1-2H3,(H,23,24,27). The minimum absolute atomic E-state index is 0.254. The molecule has 3 rings (SSSR count). The largest absolute Gasteiger partial charge is 0.490 e. The highest BCUT2D eigenvalue weighted by atomic mass is 35.5. The van der Waals surface area contributed by atoms with Crippen LogP contribution in [0.3, 0.4) is 0 Å². The van der Waals surface area contributed by atoms with E-state index in [1.54, 1.807) is 18.2 Å². The third-order valence-corrected chi connectivity index (χ3v) is 5.56. The van der Waals surface area contributed by atoms with E-state index in [1.807, 2.05) is 32.0 Å². The van der Waals surface area contributed by atoms with Gasteiger partial charge < -0.3 is 14.8 Å². The molecule has 2 aromatic rings. The molecule has 28 heavy (non-hydrogen) atoms. The average Bonchev–Trinajstić information content (AvgIpc) is 2.93. The zero-order chi connectivity index (χ0) is 20.3. The van der Waals surface area contributed by atoms with Crippen molar-refractivity contribution in [2.24, 2.45) is 0 Å². The molecule has 1 heterocycles. The topological polar surface area (TPSA) is 47.6 Å². The molecular formula is C20H17Cl2NO3S2. The zero-order valence-corrected chi connectivity index (χ0v) is 18.3. The van der Waals surface area contributed by atoms with Crippen molar-refractivity contribution in [3.8, 4) is 11.5 Å². The third kappa shape index (κ3) is 5.20. The van der Waals surface area contributed by atoms with E-state index in [0.717, 1.165) is 16.9 Å². The Morgan fingerprint density at radius 3 is 2.61 bits per heavy atom. The highest BCUT2D eigenvalue weighted by Gasteiger charge is 2.23. The fourth-order valence-corrected chi connectivity index (χ4v) is 4.16. The lowest BCUT2D eigenvalue weighted by atomic mass is 10.1. The minimum atomic E-state index is -0.254. The summed E-state index contributed by atoms with van der Waals surface area (Å²) in [4.78, 5) is 12.4. The normalized spacial score (nSPS) is 15.1. The predicted molar refractivity (Wildman–Crippen MR) is 120 cm³/mol. The maximum Gasteiger partial charge on any atom is 0.263 e. The number of aryl methyl sites for hydroxylation is 2. The molecular weight excluding hydrogens is 437 g/mol. The number of thiocarbonyl (C=S) groups is 1. The fourth-order valence-electron chi connectivity index (χ4n) is 2.56. The van der Waals surface area contributed by atoms with Crippen molar-refractivity contribution in [1.82, 2.24) is 5.32 Å². The van der Waals surface area contributed by atoms with E-state index >= 15 is 0 Å². The summed E-state index contributed by atoms with van der Waals surface area (Å²) in [7, 11) is 0. The smallest absolute Gasteiger partial charge is 0.263 e. The average molecular weight is 454 g/mol. The van der Waals surface area contributed by atoms with Crippen LogP contribution >= 0.6 is 47.2 Å². The van der Waals surface area contributed by atoms with Gasteiger partial charge in [-0.3, -0.25) is 4.79 Å². The van der Waals surface area contributed by atoms with Crippen LogP contribution in [-0.4, -0.2) is 23.4 Å². The van der Waals surface area contributed by atoms with Gasteiger partial charge in [-0.2, -0.15) is 0 Å². The number of hydrogen-bond donors (Lipinski definition) is 1. The summed E-state index contributed by atoms with van der Waals surface area (Å²) in [5.74, 6) is 1.00. The van der Waals surface area contributed by atoms with Gasteiger partial charge in [0.1, 0.15) is 29.0 Å². The van der Waals surface area contributed by atoms with Gasteiger partial charge in [0, 0.05) is 10.6 Å². The highest BCUT2D eigenvalue weighted by molar-refractivity contribution is 8.26. The van der Waals surface area contributed by atoms with Crippen molar-refractivity contribution >= 4 is 63.5 Å². The van der Waals surface area contributed by atoms with E-state index in [-0.39, 0.29) is 12.5 Å². The molecule has 2 aromatic carbocycles. The summed E-state index contributed by atoms with van der Waals surface area (Å²) in [6.07, 6.45) is 1.66. The molecule has 0 bridgehead atoms. The molecule has 0 spiro atoms. The lowest BCUT2D eigenvalue weighted by molar-refractivity contribution is -0.115. The van der Waals surface area contributed by atoms with Crippen LogP contribution in [0.5, 0.6) is 11.5 Å². The predicted octanol–water partition coefficient (Wildman–Crippen LogP) is 5.56. The Bertz CT molecular complexity index is 976. The molecule has 0 atom stereocenters. The molecule has 1 aliphatic rings. The number of carbonyl (C=O) groups is 1. The Morgan fingerprint density at radius 1 is 1.14 bits per heavy atom. The van der Waals surface area contributed by atoms with E-state index in [9.17, 15) is 4.79 Å². The Labute approximate surface area is 183 Å². The van der Waals surface area contributed by atoms with Gasteiger partial charge in [0.05, 0.1) is 9.93 Å². The van der Waals surface area contributed by atoms with Gasteiger partial charge in [-0.25, -0.2) is 0 Å². The summed E-state index contributed by atoms with van der Waals surface area (Å²) < 4.78 is 12.1. The molecule has 1 fully saturated rings. The molecule has 1 amide bonds. The molecule has 146 valence electrons. The maximum absolute atomic E-state index is 11.9. The summed E-state index contributed by atoms with van der Waals surface area (Å²) >= 11 is 18.6. The summed E-state index contributed by atoms with van der Waals surface area (Å²) in [5, 5.41) is 3.38. The molecule has 0 aromatic heterocycles. The lowest BCUT2D eigenvalue weighted by Crippen LogP contribution is -2.17. The van der Waals surface area contributed by atoms with Gasteiger partial charge in [0.25, 0.3) is 5.91 Å². The van der Waals surface area contributed by atoms with Gasteiger partial charge in [0.15, 0.2) is 0 Å². The summed E-state index contributed by atoms with van der Waals surface area (Å²) in [5.41, 5.74) is 2.79. The van der Waals surface area contributed by atoms with Crippen LogP contribution in [0.25, 0.3) is 6.08 Å². The summed E-state index contributed by atoms with van der Waals surface area (Å²) in [6.45, 7) is 4.63. The number of nitrogens with one attached hydrogen (secondary N) is 1. The second-order valence-corrected chi connectivity index (χ2v) is 8.69. The fraction of sp³-hybridized carbons (Fsp3) is 0.200. The Kier molecular flexibility index (Phi) is 6.88. The van der Waals surface area contributed by atoms with Crippen molar-refractivity contribution in [2.75, 3.05) is 13.2 Å². The lowest BCUT2D eigenvalue weighted by Gasteiger charge is -2.14. The monoisotopic (exact) mass is 453 g/mol. The van der Waals surface area contributed by atoms with Crippen molar-refractivity contribution in [3.05, 3.63) is 62.0 Å².